The van der Waals surface area contributed by atoms with Gasteiger partial charge in [-0.05, 0) is 6.92 Å². The van der Waals surface area contributed by atoms with Crippen LogP contribution in [0.3, 0.4) is 0 Å². The fraction of sp³-hybridized carbons (Fsp3) is 0.875. The van der Waals surface area contributed by atoms with Gasteiger partial charge in [-0.1, -0.05) is 13.8 Å². The Bertz CT molecular complexity index is 136. The van der Waals surface area contributed by atoms with Gasteiger partial charge in [-0.2, -0.15) is 0 Å². The van der Waals surface area contributed by atoms with E-state index >= 15 is 0 Å². The molecule has 0 aromatic carbocycles. The molecular formula is C8H16O3. The van der Waals surface area contributed by atoms with Gasteiger partial charge in [-0.25, -0.2) is 0 Å². The average molecular weight is 160 g/mol. The van der Waals surface area contributed by atoms with Crippen LogP contribution in [0.15, 0.2) is 0 Å². The van der Waals surface area contributed by atoms with Crippen molar-refractivity contribution in [3.8, 4) is 0 Å². The van der Waals surface area contributed by atoms with E-state index in [1.807, 2.05) is 0 Å². The molecule has 0 unspecified atom stereocenters. The van der Waals surface area contributed by atoms with Crippen LogP contribution in [-0.4, -0.2) is 29.2 Å². The standard InChI is InChI=1S/C8H16O3/c1-6(2)7(11)8(3,4-9)5-10/h6,9-10H,4-5H2,1-3H3. The molecule has 2 N–H and O–H groups in total. The Balaban J connectivity index is 4.37. The second kappa shape index (κ2) is 3.83. The van der Waals surface area contributed by atoms with E-state index in [-0.39, 0.29) is 24.9 Å². The van der Waals surface area contributed by atoms with Gasteiger partial charge in [0, 0.05) is 5.92 Å². The molecule has 0 aliphatic heterocycles. The molecule has 0 heterocycles. The van der Waals surface area contributed by atoms with Crippen LogP contribution >= 0.6 is 0 Å². The van der Waals surface area contributed by atoms with Gasteiger partial charge in [-0.3, -0.25) is 4.79 Å². The largest absolute Gasteiger partial charge is 0.395 e. The van der Waals surface area contributed by atoms with Crippen LogP contribution in [0.5, 0.6) is 0 Å². The molecule has 0 amide bonds. The Morgan fingerprint density at radius 1 is 1.36 bits per heavy atom. The zero-order valence-corrected chi connectivity index (χ0v) is 7.29. The molecule has 0 fully saturated rings. The number of aliphatic hydroxyl groups excluding tert-OH is 2. The summed E-state index contributed by atoms with van der Waals surface area (Å²) in [5.41, 5.74) is -0.964. The maximum Gasteiger partial charge on any atom is 0.145 e. The Morgan fingerprint density at radius 2 is 1.73 bits per heavy atom. The van der Waals surface area contributed by atoms with Crippen molar-refractivity contribution in [1.29, 1.82) is 0 Å². The van der Waals surface area contributed by atoms with Crippen molar-refractivity contribution in [2.24, 2.45) is 11.3 Å². The second-order valence-electron chi connectivity index (χ2n) is 3.40. The van der Waals surface area contributed by atoms with Crippen molar-refractivity contribution in [3.05, 3.63) is 0 Å². The predicted octanol–water partition coefficient (Wildman–Crippen LogP) is 0.202. The monoisotopic (exact) mass is 160 g/mol. The van der Waals surface area contributed by atoms with Crippen molar-refractivity contribution in [2.75, 3.05) is 13.2 Å². The summed E-state index contributed by atoms with van der Waals surface area (Å²) in [6.45, 7) is 4.49. The van der Waals surface area contributed by atoms with Crippen molar-refractivity contribution in [1.82, 2.24) is 0 Å². The first kappa shape index (κ1) is 10.6. The van der Waals surface area contributed by atoms with Crippen LogP contribution in [-0.2, 0) is 4.79 Å². The third-order valence-corrected chi connectivity index (χ3v) is 1.82. The Morgan fingerprint density at radius 3 is 1.82 bits per heavy atom. The molecule has 3 nitrogen and oxygen atoms in total. The van der Waals surface area contributed by atoms with Crippen LogP contribution in [0.4, 0.5) is 0 Å². The predicted molar refractivity (Wildman–Crippen MR) is 42.1 cm³/mol. The highest BCUT2D eigenvalue weighted by atomic mass is 16.3. The van der Waals surface area contributed by atoms with E-state index in [1.165, 1.54) is 0 Å². The maximum absolute atomic E-state index is 11.3. The van der Waals surface area contributed by atoms with E-state index < -0.39 is 5.41 Å². The van der Waals surface area contributed by atoms with E-state index in [2.05, 4.69) is 0 Å². The summed E-state index contributed by atoms with van der Waals surface area (Å²) in [6.07, 6.45) is 0. The fourth-order valence-corrected chi connectivity index (χ4v) is 0.903. The summed E-state index contributed by atoms with van der Waals surface area (Å²) in [4.78, 5) is 11.3. The number of aliphatic hydroxyl groups is 2. The van der Waals surface area contributed by atoms with Crippen LogP contribution in [0.1, 0.15) is 20.8 Å². The zero-order valence-electron chi connectivity index (χ0n) is 7.29. The highest BCUT2D eigenvalue weighted by Gasteiger charge is 2.32. The lowest BCUT2D eigenvalue weighted by Crippen LogP contribution is -2.38. The molecule has 3 heteroatoms. The van der Waals surface area contributed by atoms with Crippen molar-refractivity contribution < 1.29 is 15.0 Å². The third kappa shape index (κ3) is 2.27. The number of carbonyl (C=O) groups is 1. The smallest absolute Gasteiger partial charge is 0.145 e. The molecule has 0 aliphatic carbocycles. The van der Waals surface area contributed by atoms with Gasteiger partial charge < -0.3 is 10.2 Å². The minimum atomic E-state index is -0.964. The third-order valence-electron chi connectivity index (χ3n) is 1.82. The summed E-state index contributed by atoms with van der Waals surface area (Å²) < 4.78 is 0. The quantitative estimate of drug-likeness (QED) is 0.617. The number of ketones is 1. The van der Waals surface area contributed by atoms with Crippen molar-refractivity contribution >= 4 is 5.78 Å². The highest BCUT2D eigenvalue weighted by molar-refractivity contribution is 5.86. The van der Waals surface area contributed by atoms with Crippen LogP contribution in [0, 0.1) is 11.3 Å². The Kier molecular flexibility index (Phi) is 3.69. The van der Waals surface area contributed by atoms with E-state index in [9.17, 15) is 4.79 Å². The molecule has 66 valence electrons. The van der Waals surface area contributed by atoms with E-state index in [0.29, 0.717) is 0 Å². The summed E-state index contributed by atoms with van der Waals surface area (Å²) in [5.74, 6) is -0.234. The first-order valence-electron chi connectivity index (χ1n) is 3.74. The summed E-state index contributed by atoms with van der Waals surface area (Å²) in [7, 11) is 0. The summed E-state index contributed by atoms with van der Waals surface area (Å²) in [6, 6.07) is 0. The normalized spacial score (nSPS) is 12.2. The van der Waals surface area contributed by atoms with E-state index in [0.717, 1.165) is 0 Å². The second-order valence-corrected chi connectivity index (χ2v) is 3.40. The summed E-state index contributed by atoms with van der Waals surface area (Å²) >= 11 is 0. The lowest BCUT2D eigenvalue weighted by molar-refractivity contribution is -0.135. The SMILES string of the molecule is CC(C)C(=O)C(C)(CO)CO. The zero-order chi connectivity index (χ0) is 9.07. The number of rotatable bonds is 4. The fourth-order valence-electron chi connectivity index (χ4n) is 0.903. The van der Waals surface area contributed by atoms with E-state index in [1.54, 1.807) is 20.8 Å². The molecule has 0 saturated heterocycles. The average Bonchev–Trinajstić information content (AvgIpc) is 2.01. The molecule has 0 radical (unpaired) electrons. The molecule has 0 aromatic heterocycles. The van der Waals surface area contributed by atoms with Crippen LogP contribution < -0.4 is 0 Å². The van der Waals surface area contributed by atoms with Gasteiger partial charge in [0.2, 0.25) is 0 Å². The van der Waals surface area contributed by atoms with Gasteiger partial charge in [0.05, 0.1) is 18.6 Å². The molecule has 0 spiro atoms. The molecule has 0 aromatic rings. The topological polar surface area (TPSA) is 57.5 Å². The van der Waals surface area contributed by atoms with E-state index in [4.69, 9.17) is 10.2 Å². The number of Topliss-reactive ketones (excluding diaryl/α,β-unsaturated/α-hetero) is 1. The lowest BCUT2D eigenvalue weighted by Gasteiger charge is -2.24. The molecule has 0 saturated carbocycles. The van der Waals surface area contributed by atoms with Crippen LogP contribution in [0.2, 0.25) is 0 Å². The minimum absolute atomic E-state index is 0.0949. The highest BCUT2D eigenvalue weighted by Crippen LogP contribution is 2.20. The molecule has 11 heavy (non-hydrogen) atoms. The number of hydrogen-bond donors (Lipinski definition) is 2. The van der Waals surface area contributed by atoms with Crippen LogP contribution in [0.25, 0.3) is 0 Å². The molecule has 0 bridgehead atoms. The van der Waals surface area contributed by atoms with Gasteiger partial charge >= 0.3 is 0 Å². The summed E-state index contributed by atoms with van der Waals surface area (Å²) in [5, 5.41) is 17.6. The number of hydrogen-bond acceptors (Lipinski definition) is 3. The van der Waals surface area contributed by atoms with Gasteiger partial charge in [0.1, 0.15) is 5.78 Å². The molecule has 0 aliphatic rings. The van der Waals surface area contributed by atoms with Gasteiger partial charge in [0.15, 0.2) is 0 Å². The Hall–Kier alpha value is -0.410. The minimum Gasteiger partial charge on any atom is -0.395 e. The Labute approximate surface area is 67.0 Å². The van der Waals surface area contributed by atoms with Gasteiger partial charge in [0.25, 0.3) is 0 Å². The van der Waals surface area contributed by atoms with Gasteiger partial charge in [-0.15, -0.1) is 0 Å². The molecular weight excluding hydrogens is 144 g/mol. The first-order valence-corrected chi connectivity index (χ1v) is 3.74. The maximum atomic E-state index is 11.3. The van der Waals surface area contributed by atoms with Crippen molar-refractivity contribution in [2.45, 2.75) is 20.8 Å². The van der Waals surface area contributed by atoms with Crippen molar-refractivity contribution in [3.63, 3.8) is 0 Å². The molecule has 0 rings (SSSR count). The number of carbonyl (C=O) groups excluding carboxylic acids is 1. The molecule has 0 atom stereocenters. The lowest BCUT2D eigenvalue weighted by atomic mass is 9.82. The first-order chi connectivity index (χ1) is 4.98.